The van der Waals surface area contributed by atoms with Gasteiger partial charge in [-0.2, -0.15) is 5.26 Å². The van der Waals surface area contributed by atoms with Crippen LogP contribution in [0.5, 0.6) is 0 Å². The van der Waals surface area contributed by atoms with Crippen LogP contribution in [0.3, 0.4) is 0 Å². The molecule has 0 N–H and O–H groups in total. The quantitative estimate of drug-likeness (QED) is 0.507. The number of ether oxygens (including phenoxy) is 2. The molecule has 1 rings (SSSR count). The molecule has 4 heteroatoms. The van der Waals surface area contributed by atoms with E-state index >= 15 is 0 Å². The molecule has 2 unspecified atom stereocenters. The fraction of sp³-hybridized carbons (Fsp3) is 0.917. The van der Waals surface area contributed by atoms with Gasteiger partial charge in [0.25, 0.3) is 0 Å². The first kappa shape index (κ1) is 13.7. The van der Waals surface area contributed by atoms with Crippen molar-refractivity contribution in [2.24, 2.45) is 0 Å². The summed E-state index contributed by atoms with van der Waals surface area (Å²) < 4.78 is 10.9. The normalized spacial score (nSPS) is 22.6. The van der Waals surface area contributed by atoms with E-state index < -0.39 is 8.80 Å². The van der Waals surface area contributed by atoms with Crippen LogP contribution in [0.2, 0.25) is 18.1 Å². The van der Waals surface area contributed by atoms with Crippen molar-refractivity contribution in [3.63, 3.8) is 0 Å². The molecule has 2 atom stereocenters. The summed E-state index contributed by atoms with van der Waals surface area (Å²) in [4.78, 5) is 0. The lowest BCUT2D eigenvalue weighted by Gasteiger charge is -2.26. The second kappa shape index (κ2) is 8.74. The molecule has 3 nitrogen and oxygen atoms in total. The molecular weight excluding hydrogens is 218 g/mol. The largest absolute Gasteiger partial charge is 0.381 e. The van der Waals surface area contributed by atoms with Gasteiger partial charge in [0.2, 0.25) is 0 Å². The maximum atomic E-state index is 8.34. The molecule has 0 spiro atoms. The van der Waals surface area contributed by atoms with Gasteiger partial charge >= 0.3 is 0 Å². The third-order valence-corrected chi connectivity index (χ3v) is 6.76. The van der Waals surface area contributed by atoms with Crippen molar-refractivity contribution in [3.8, 4) is 6.07 Å². The lowest BCUT2D eigenvalue weighted by Crippen LogP contribution is -2.25. The van der Waals surface area contributed by atoms with Crippen LogP contribution in [0.4, 0.5) is 0 Å². The minimum absolute atomic E-state index is 0.517. The molecule has 1 fully saturated rings. The fourth-order valence-corrected chi connectivity index (χ4v) is 4.73. The fourth-order valence-electron chi connectivity index (χ4n) is 2.18. The van der Waals surface area contributed by atoms with Gasteiger partial charge in [-0.1, -0.05) is 12.6 Å². The maximum Gasteiger partial charge on any atom is 0.0645 e. The number of hydrogen-bond acceptors (Lipinski definition) is 3. The van der Waals surface area contributed by atoms with Crippen LogP contribution in [0.25, 0.3) is 0 Å². The number of hydrogen-bond donors (Lipinski definition) is 0. The van der Waals surface area contributed by atoms with Gasteiger partial charge in [-0.05, 0) is 24.8 Å². The van der Waals surface area contributed by atoms with Crippen molar-refractivity contribution in [2.45, 2.75) is 43.8 Å². The lowest BCUT2D eigenvalue weighted by molar-refractivity contribution is 0.0955. The summed E-state index contributed by atoms with van der Waals surface area (Å²) in [7, 11) is -0.612. The Morgan fingerprint density at radius 3 is 3.06 bits per heavy atom. The summed E-state index contributed by atoms with van der Waals surface area (Å²) in [6.45, 7) is 5.85. The zero-order valence-corrected chi connectivity index (χ0v) is 11.4. The highest BCUT2D eigenvalue weighted by Crippen LogP contribution is 2.25. The first-order valence-electron chi connectivity index (χ1n) is 6.37. The van der Waals surface area contributed by atoms with E-state index in [1.807, 2.05) is 0 Å². The summed E-state index contributed by atoms with van der Waals surface area (Å²) in [5, 5.41) is 8.34. The Bertz CT molecular complexity index is 212. The Hall–Kier alpha value is -0.373. The Balaban J connectivity index is 1.97. The van der Waals surface area contributed by atoms with E-state index in [0.29, 0.717) is 13.0 Å². The van der Waals surface area contributed by atoms with Crippen LogP contribution >= 0.6 is 0 Å². The van der Waals surface area contributed by atoms with Crippen molar-refractivity contribution >= 4 is 8.80 Å². The first-order chi connectivity index (χ1) is 7.84. The molecule has 1 aliphatic rings. The van der Waals surface area contributed by atoms with Crippen LogP contribution in [0.15, 0.2) is 0 Å². The van der Waals surface area contributed by atoms with Gasteiger partial charge in [-0.3, -0.25) is 0 Å². The molecule has 0 bridgehead atoms. The zero-order valence-electron chi connectivity index (χ0n) is 10.3. The Kier molecular flexibility index (Phi) is 7.48. The van der Waals surface area contributed by atoms with E-state index in [1.165, 1.54) is 18.9 Å². The van der Waals surface area contributed by atoms with E-state index in [1.54, 1.807) is 0 Å². The summed E-state index contributed by atoms with van der Waals surface area (Å²) in [5.41, 5.74) is 0.882. The van der Waals surface area contributed by atoms with Gasteiger partial charge < -0.3 is 9.47 Å². The molecule has 0 aromatic heterocycles. The predicted molar refractivity (Wildman–Crippen MR) is 67.3 cm³/mol. The van der Waals surface area contributed by atoms with E-state index in [2.05, 4.69) is 12.6 Å². The van der Waals surface area contributed by atoms with Crippen LogP contribution in [0, 0.1) is 11.3 Å². The average Bonchev–Trinajstić information content (AvgIpc) is 2.34. The van der Waals surface area contributed by atoms with Gasteiger partial charge in [-0.15, -0.1) is 0 Å². The summed E-state index contributed by atoms with van der Waals surface area (Å²) >= 11 is 0. The van der Waals surface area contributed by atoms with Crippen molar-refractivity contribution in [1.82, 2.24) is 0 Å². The molecule has 92 valence electrons. The molecule has 16 heavy (non-hydrogen) atoms. The van der Waals surface area contributed by atoms with E-state index in [4.69, 9.17) is 14.7 Å². The molecule has 1 saturated heterocycles. The molecule has 0 saturated carbocycles. The van der Waals surface area contributed by atoms with Crippen LogP contribution < -0.4 is 0 Å². The van der Waals surface area contributed by atoms with E-state index in [9.17, 15) is 0 Å². The van der Waals surface area contributed by atoms with Gasteiger partial charge in [-0.25, -0.2) is 0 Å². The molecule has 1 aliphatic heterocycles. The highest BCUT2D eigenvalue weighted by atomic mass is 28.3. The highest BCUT2D eigenvalue weighted by molar-refractivity contribution is 6.59. The van der Waals surface area contributed by atoms with Crippen molar-refractivity contribution in [1.29, 1.82) is 5.26 Å². The minimum atomic E-state index is -0.612. The van der Waals surface area contributed by atoms with Gasteiger partial charge in [0.1, 0.15) is 0 Å². The van der Waals surface area contributed by atoms with E-state index in [-0.39, 0.29) is 0 Å². The Labute approximate surface area is 100 Å². The number of nitriles is 1. The topological polar surface area (TPSA) is 42.2 Å². The van der Waals surface area contributed by atoms with Crippen LogP contribution in [0.1, 0.15) is 25.7 Å². The second-order valence-corrected chi connectivity index (χ2v) is 8.09. The molecule has 0 radical (unpaired) electrons. The number of nitrogens with zero attached hydrogens (tertiary/aromatic N) is 1. The Morgan fingerprint density at radius 1 is 1.50 bits per heavy atom. The maximum absolute atomic E-state index is 8.34. The third-order valence-electron chi connectivity index (χ3n) is 3.31. The zero-order chi connectivity index (χ0) is 11.6. The number of rotatable bonds is 7. The van der Waals surface area contributed by atoms with Gasteiger partial charge in [0, 0.05) is 28.6 Å². The highest BCUT2D eigenvalue weighted by Gasteiger charge is 2.21. The van der Waals surface area contributed by atoms with Crippen molar-refractivity contribution in [3.05, 3.63) is 0 Å². The lowest BCUT2D eigenvalue weighted by atomic mass is 10.2. The molecule has 0 aliphatic carbocycles. The van der Waals surface area contributed by atoms with Crippen molar-refractivity contribution < 1.29 is 9.47 Å². The summed E-state index contributed by atoms with van der Waals surface area (Å²) in [6.07, 6.45) is 4.31. The van der Waals surface area contributed by atoms with Gasteiger partial charge in [0.05, 0.1) is 19.1 Å². The summed E-state index contributed by atoms with van der Waals surface area (Å²) in [5.74, 6) is 0. The standard InChI is InChI=1S/C12H23NO2Si/c1-16(12-5-2-7-15-11-12)10-4-9-14-8-3-6-13/h12,16H,2-5,7-11H2,1H3. The van der Waals surface area contributed by atoms with E-state index in [0.717, 1.165) is 31.8 Å². The summed E-state index contributed by atoms with van der Waals surface area (Å²) in [6, 6.07) is 3.43. The molecular formula is C12H23NO2Si. The smallest absolute Gasteiger partial charge is 0.0645 e. The first-order valence-corrected chi connectivity index (χ1v) is 9.01. The third kappa shape index (κ3) is 5.64. The second-order valence-electron chi connectivity index (χ2n) is 4.62. The Morgan fingerprint density at radius 2 is 2.38 bits per heavy atom. The van der Waals surface area contributed by atoms with Crippen molar-refractivity contribution in [2.75, 3.05) is 26.4 Å². The monoisotopic (exact) mass is 241 g/mol. The SMILES string of the molecule is C[SiH](CCCOCCC#N)C1CCCOC1. The predicted octanol–water partition coefficient (Wildman–Crippen LogP) is 2.34. The molecule has 0 amide bonds. The minimum Gasteiger partial charge on any atom is -0.381 e. The molecule has 1 heterocycles. The van der Waals surface area contributed by atoms with Crippen LogP contribution in [-0.2, 0) is 9.47 Å². The van der Waals surface area contributed by atoms with Gasteiger partial charge in [0.15, 0.2) is 0 Å². The van der Waals surface area contributed by atoms with Crippen LogP contribution in [-0.4, -0.2) is 35.2 Å². The molecule has 0 aromatic rings. The average molecular weight is 241 g/mol. The molecule has 0 aromatic carbocycles.